The second-order valence-electron chi connectivity index (χ2n) is 6.71. The third-order valence-electron chi connectivity index (χ3n) is 4.06. The van der Waals surface area contributed by atoms with Gasteiger partial charge in [-0.15, -0.1) is 0 Å². The van der Waals surface area contributed by atoms with E-state index in [0.717, 1.165) is 30.8 Å². The SMILES string of the molecule is CC(C)(C)c1cc(C(=O)N2CCCC2c2ccncn2)n[nH]1. The fraction of sp³-hybridized carbons (Fsp3) is 0.500. The number of carbonyl (C=O) groups excluding carboxylic acids is 1. The van der Waals surface area contributed by atoms with Gasteiger partial charge in [-0.2, -0.15) is 5.10 Å². The fourth-order valence-electron chi connectivity index (χ4n) is 2.78. The average molecular weight is 299 g/mol. The summed E-state index contributed by atoms with van der Waals surface area (Å²) in [6.45, 7) is 7.02. The molecule has 1 amide bonds. The quantitative estimate of drug-likeness (QED) is 0.924. The molecule has 1 aliphatic heterocycles. The lowest BCUT2D eigenvalue weighted by molar-refractivity contribution is 0.0727. The highest BCUT2D eigenvalue weighted by Crippen LogP contribution is 2.32. The van der Waals surface area contributed by atoms with Crippen molar-refractivity contribution < 1.29 is 4.79 Å². The Morgan fingerprint density at radius 1 is 1.41 bits per heavy atom. The number of H-pyrrole nitrogens is 1. The fourth-order valence-corrected chi connectivity index (χ4v) is 2.78. The highest BCUT2D eigenvalue weighted by Gasteiger charge is 2.33. The number of aromatic nitrogens is 4. The van der Waals surface area contributed by atoms with E-state index in [0.29, 0.717) is 5.69 Å². The van der Waals surface area contributed by atoms with Crippen LogP contribution in [-0.4, -0.2) is 37.5 Å². The van der Waals surface area contributed by atoms with Crippen molar-refractivity contribution in [2.24, 2.45) is 0 Å². The summed E-state index contributed by atoms with van der Waals surface area (Å²) in [5.41, 5.74) is 2.29. The van der Waals surface area contributed by atoms with Gasteiger partial charge in [-0.25, -0.2) is 9.97 Å². The van der Waals surface area contributed by atoms with Crippen molar-refractivity contribution in [3.8, 4) is 0 Å². The Bertz CT molecular complexity index is 659. The number of amides is 1. The number of likely N-dealkylation sites (tertiary alicyclic amines) is 1. The molecule has 116 valence electrons. The molecular weight excluding hydrogens is 278 g/mol. The minimum Gasteiger partial charge on any atom is -0.329 e. The predicted molar refractivity (Wildman–Crippen MR) is 82.3 cm³/mol. The van der Waals surface area contributed by atoms with Crippen LogP contribution >= 0.6 is 0 Å². The van der Waals surface area contributed by atoms with Crippen LogP contribution in [0.2, 0.25) is 0 Å². The molecule has 0 bridgehead atoms. The molecular formula is C16H21N5O. The Morgan fingerprint density at radius 3 is 2.86 bits per heavy atom. The minimum absolute atomic E-state index is 0.0188. The maximum atomic E-state index is 12.8. The van der Waals surface area contributed by atoms with Crippen LogP contribution in [0, 0.1) is 0 Å². The van der Waals surface area contributed by atoms with Crippen LogP contribution in [0.15, 0.2) is 24.7 Å². The van der Waals surface area contributed by atoms with Crippen molar-refractivity contribution in [3.05, 3.63) is 41.7 Å². The molecule has 0 aliphatic carbocycles. The van der Waals surface area contributed by atoms with Crippen molar-refractivity contribution >= 4 is 5.91 Å². The van der Waals surface area contributed by atoms with Crippen LogP contribution in [0.25, 0.3) is 0 Å². The zero-order valence-corrected chi connectivity index (χ0v) is 13.2. The van der Waals surface area contributed by atoms with Gasteiger partial charge in [0.15, 0.2) is 0 Å². The number of hydrogen-bond acceptors (Lipinski definition) is 4. The summed E-state index contributed by atoms with van der Waals surface area (Å²) in [5, 5.41) is 7.19. The van der Waals surface area contributed by atoms with Gasteiger partial charge in [0.1, 0.15) is 12.0 Å². The van der Waals surface area contributed by atoms with Crippen LogP contribution in [0.1, 0.15) is 61.5 Å². The van der Waals surface area contributed by atoms with Gasteiger partial charge in [0.2, 0.25) is 0 Å². The minimum atomic E-state index is -0.0530. The Morgan fingerprint density at radius 2 is 2.23 bits per heavy atom. The summed E-state index contributed by atoms with van der Waals surface area (Å²) in [6.07, 6.45) is 5.16. The molecule has 1 N–H and O–H groups in total. The van der Waals surface area contributed by atoms with Gasteiger partial charge in [0, 0.05) is 23.9 Å². The lowest BCUT2D eigenvalue weighted by atomic mass is 9.92. The molecule has 0 spiro atoms. The van der Waals surface area contributed by atoms with Crippen molar-refractivity contribution in [1.82, 2.24) is 25.1 Å². The number of hydrogen-bond donors (Lipinski definition) is 1. The molecule has 1 atom stereocenters. The Balaban J connectivity index is 1.84. The average Bonchev–Trinajstić information content (AvgIpc) is 3.16. The van der Waals surface area contributed by atoms with Gasteiger partial charge in [0.05, 0.1) is 11.7 Å². The zero-order chi connectivity index (χ0) is 15.7. The Kier molecular flexibility index (Phi) is 3.68. The molecule has 1 aliphatic rings. The molecule has 3 rings (SSSR count). The third kappa shape index (κ3) is 2.73. The molecule has 2 aromatic rings. The number of carbonyl (C=O) groups is 1. The topological polar surface area (TPSA) is 74.8 Å². The van der Waals surface area contributed by atoms with Crippen LogP contribution in [0.4, 0.5) is 0 Å². The lowest BCUT2D eigenvalue weighted by Crippen LogP contribution is -2.31. The Hall–Kier alpha value is -2.24. The van der Waals surface area contributed by atoms with E-state index in [1.54, 1.807) is 6.20 Å². The van der Waals surface area contributed by atoms with Crippen LogP contribution in [-0.2, 0) is 5.41 Å². The van der Waals surface area contributed by atoms with E-state index < -0.39 is 0 Å². The molecule has 1 unspecified atom stereocenters. The first-order valence-electron chi connectivity index (χ1n) is 7.59. The Labute approximate surface area is 130 Å². The maximum Gasteiger partial charge on any atom is 0.274 e. The summed E-state index contributed by atoms with van der Waals surface area (Å²) in [5.74, 6) is -0.0344. The molecule has 1 fully saturated rings. The molecule has 6 heteroatoms. The van der Waals surface area contributed by atoms with Crippen LogP contribution in [0.5, 0.6) is 0 Å². The van der Waals surface area contributed by atoms with Crippen LogP contribution < -0.4 is 0 Å². The second-order valence-corrected chi connectivity index (χ2v) is 6.71. The molecule has 0 aromatic carbocycles. The molecule has 0 saturated carbocycles. The highest BCUT2D eigenvalue weighted by atomic mass is 16.2. The number of aromatic amines is 1. The summed E-state index contributed by atoms with van der Waals surface area (Å²) in [6, 6.07) is 3.75. The molecule has 6 nitrogen and oxygen atoms in total. The highest BCUT2D eigenvalue weighted by molar-refractivity contribution is 5.92. The summed E-state index contributed by atoms with van der Waals surface area (Å²) in [4.78, 5) is 22.9. The van der Waals surface area contributed by atoms with Crippen molar-refractivity contribution in [1.29, 1.82) is 0 Å². The molecule has 22 heavy (non-hydrogen) atoms. The van der Waals surface area contributed by atoms with E-state index in [1.165, 1.54) is 6.33 Å². The molecule has 1 saturated heterocycles. The third-order valence-corrected chi connectivity index (χ3v) is 4.06. The number of rotatable bonds is 2. The smallest absolute Gasteiger partial charge is 0.274 e. The van der Waals surface area contributed by atoms with Gasteiger partial charge in [0.25, 0.3) is 5.91 Å². The predicted octanol–water partition coefficient (Wildman–Crippen LogP) is 2.47. The van der Waals surface area contributed by atoms with Gasteiger partial charge < -0.3 is 4.90 Å². The maximum absolute atomic E-state index is 12.8. The van der Waals surface area contributed by atoms with E-state index in [9.17, 15) is 4.79 Å². The van der Waals surface area contributed by atoms with E-state index in [2.05, 4.69) is 40.9 Å². The summed E-state index contributed by atoms with van der Waals surface area (Å²) < 4.78 is 0. The first kappa shape index (κ1) is 14.7. The zero-order valence-electron chi connectivity index (χ0n) is 13.2. The first-order chi connectivity index (χ1) is 10.5. The second kappa shape index (κ2) is 5.51. The van der Waals surface area contributed by atoms with Crippen LogP contribution in [0.3, 0.4) is 0 Å². The summed E-state index contributed by atoms with van der Waals surface area (Å²) >= 11 is 0. The molecule has 2 aromatic heterocycles. The monoisotopic (exact) mass is 299 g/mol. The van der Waals surface area contributed by atoms with E-state index in [4.69, 9.17) is 0 Å². The van der Waals surface area contributed by atoms with Gasteiger partial charge in [-0.1, -0.05) is 20.8 Å². The largest absolute Gasteiger partial charge is 0.329 e. The number of nitrogens with one attached hydrogen (secondary N) is 1. The molecule has 3 heterocycles. The van der Waals surface area contributed by atoms with E-state index in [-0.39, 0.29) is 17.4 Å². The van der Waals surface area contributed by atoms with Crippen molar-refractivity contribution in [2.75, 3.05) is 6.54 Å². The van der Waals surface area contributed by atoms with Crippen molar-refractivity contribution in [3.63, 3.8) is 0 Å². The van der Waals surface area contributed by atoms with Gasteiger partial charge >= 0.3 is 0 Å². The first-order valence-corrected chi connectivity index (χ1v) is 7.59. The van der Waals surface area contributed by atoms with E-state index >= 15 is 0 Å². The van der Waals surface area contributed by atoms with Gasteiger partial charge in [-0.05, 0) is 25.0 Å². The molecule has 0 radical (unpaired) electrons. The lowest BCUT2D eigenvalue weighted by Gasteiger charge is -2.23. The standard InChI is InChI=1S/C16H21N5O/c1-16(2,3)14-9-12(19-20-14)15(22)21-8-4-5-13(21)11-6-7-17-10-18-11/h6-7,9-10,13H,4-5,8H2,1-3H3,(H,19,20). The van der Waals surface area contributed by atoms with Gasteiger partial charge in [-0.3, -0.25) is 9.89 Å². The number of nitrogens with zero attached hydrogens (tertiary/aromatic N) is 4. The van der Waals surface area contributed by atoms with Crippen molar-refractivity contribution in [2.45, 2.75) is 45.1 Å². The normalized spacial score (nSPS) is 18.7. The summed E-state index contributed by atoms with van der Waals surface area (Å²) in [7, 11) is 0. The van der Waals surface area contributed by atoms with E-state index in [1.807, 2.05) is 17.0 Å².